The molecular weight excluding hydrogens is 663 g/mol. The zero-order valence-corrected chi connectivity index (χ0v) is 29.9. The molecule has 250 valence electrons. The van der Waals surface area contributed by atoms with Crippen LogP contribution in [-0.2, 0) is 0 Å². The van der Waals surface area contributed by atoms with Crippen molar-refractivity contribution in [1.82, 2.24) is 9.13 Å². The maximum atomic E-state index is 5.30. The zero-order valence-electron chi connectivity index (χ0n) is 29.1. The number of benzene rings is 8. The monoisotopic (exact) mass is 695 g/mol. The van der Waals surface area contributed by atoms with Crippen LogP contribution in [0.15, 0.2) is 175 Å². The number of thiophene rings is 1. The number of fused-ring (bicyclic) bond motifs is 11. The molecule has 0 saturated carbocycles. The van der Waals surface area contributed by atoms with E-state index in [4.69, 9.17) is 4.99 Å². The van der Waals surface area contributed by atoms with Gasteiger partial charge in [-0.05, 0) is 76.5 Å². The molecule has 0 N–H and O–H groups in total. The Balaban J connectivity index is 1.10. The van der Waals surface area contributed by atoms with Gasteiger partial charge in [-0.3, -0.25) is 4.57 Å². The smallest absolute Gasteiger partial charge is 0.100 e. The van der Waals surface area contributed by atoms with Crippen LogP contribution < -0.4 is 0 Å². The summed E-state index contributed by atoms with van der Waals surface area (Å²) in [5, 5.41) is 10.1. The second kappa shape index (κ2) is 11.8. The lowest BCUT2D eigenvalue weighted by molar-refractivity contribution is 0.933. The van der Waals surface area contributed by atoms with Crippen LogP contribution in [0.5, 0.6) is 0 Å². The molecule has 3 nitrogen and oxygen atoms in total. The molecule has 0 fully saturated rings. The highest BCUT2D eigenvalue weighted by Gasteiger charge is 2.19. The third-order valence-electron chi connectivity index (χ3n) is 11.1. The van der Waals surface area contributed by atoms with Gasteiger partial charge in [0.15, 0.2) is 0 Å². The van der Waals surface area contributed by atoms with Crippen LogP contribution in [0.25, 0.3) is 80.2 Å². The van der Waals surface area contributed by atoms with Crippen molar-refractivity contribution in [2.45, 2.75) is 12.8 Å². The quantitative estimate of drug-likeness (QED) is 0.126. The van der Waals surface area contributed by atoms with Crippen LogP contribution in [0, 0.1) is 0 Å². The topological polar surface area (TPSA) is 22.2 Å². The van der Waals surface area contributed by atoms with Gasteiger partial charge < -0.3 is 4.57 Å². The van der Waals surface area contributed by atoms with Crippen molar-refractivity contribution in [2.24, 2.45) is 4.99 Å². The molecule has 0 saturated heterocycles. The number of hydrogen-bond acceptors (Lipinski definition) is 2. The van der Waals surface area contributed by atoms with Crippen LogP contribution in [0.2, 0.25) is 0 Å². The van der Waals surface area contributed by atoms with E-state index in [2.05, 4.69) is 186 Å². The molecule has 1 unspecified atom stereocenters. The van der Waals surface area contributed by atoms with Crippen LogP contribution in [0.3, 0.4) is 0 Å². The fourth-order valence-electron chi connectivity index (χ4n) is 8.69. The average molecular weight is 696 g/mol. The number of rotatable bonds is 5. The van der Waals surface area contributed by atoms with E-state index in [1.54, 1.807) is 0 Å². The maximum Gasteiger partial charge on any atom is 0.100 e. The molecule has 11 rings (SSSR count). The number of aliphatic imine (C=N–C) groups is 1. The summed E-state index contributed by atoms with van der Waals surface area (Å²) < 4.78 is 7.34. The van der Waals surface area contributed by atoms with Crippen molar-refractivity contribution in [3.8, 4) is 5.69 Å². The van der Waals surface area contributed by atoms with E-state index in [0.29, 0.717) is 0 Å². The van der Waals surface area contributed by atoms with E-state index in [1.807, 2.05) is 17.7 Å². The van der Waals surface area contributed by atoms with E-state index < -0.39 is 0 Å². The summed E-state index contributed by atoms with van der Waals surface area (Å²) in [4.78, 5) is 5.30. The van der Waals surface area contributed by atoms with Gasteiger partial charge >= 0.3 is 0 Å². The summed E-state index contributed by atoms with van der Waals surface area (Å²) in [7, 11) is 0. The minimum Gasteiger partial charge on any atom is -0.309 e. The number of hydrogen-bond donors (Lipinski definition) is 0. The van der Waals surface area contributed by atoms with Gasteiger partial charge in [0.25, 0.3) is 0 Å². The molecule has 3 heterocycles. The molecule has 0 radical (unpaired) electrons. The fraction of sp³-hybridized carbons (Fsp3) is 0.0408. The molecule has 3 aromatic heterocycles. The summed E-state index contributed by atoms with van der Waals surface area (Å²) in [6.07, 6.45) is 2.03. The highest BCUT2D eigenvalue weighted by Crippen LogP contribution is 2.42. The molecule has 4 heteroatoms. The van der Waals surface area contributed by atoms with Crippen molar-refractivity contribution < 1.29 is 0 Å². The van der Waals surface area contributed by atoms with Crippen LogP contribution in [0.1, 0.15) is 24.0 Å². The van der Waals surface area contributed by atoms with Gasteiger partial charge in [-0.25, -0.2) is 4.99 Å². The fourth-order valence-corrected chi connectivity index (χ4v) is 9.83. The van der Waals surface area contributed by atoms with Crippen molar-refractivity contribution in [2.75, 3.05) is 0 Å². The van der Waals surface area contributed by atoms with E-state index in [-0.39, 0.29) is 5.92 Å². The Kier molecular flexibility index (Phi) is 6.70. The average Bonchev–Trinajstić information content (AvgIpc) is 3.87. The van der Waals surface area contributed by atoms with Crippen molar-refractivity contribution in [3.05, 3.63) is 181 Å². The molecule has 0 spiro atoms. The van der Waals surface area contributed by atoms with Crippen molar-refractivity contribution in [3.63, 3.8) is 0 Å². The first-order valence-electron chi connectivity index (χ1n) is 18.2. The van der Waals surface area contributed by atoms with E-state index >= 15 is 0 Å². The summed E-state index contributed by atoms with van der Waals surface area (Å²) in [5.41, 5.74) is 9.36. The third kappa shape index (κ3) is 4.56. The summed E-state index contributed by atoms with van der Waals surface area (Å²) in [6.45, 7) is 2.32. The predicted octanol–water partition coefficient (Wildman–Crippen LogP) is 13.8. The lowest BCUT2D eigenvalue weighted by Gasteiger charge is -2.16. The Hall–Kier alpha value is -6.49. The van der Waals surface area contributed by atoms with Gasteiger partial charge in [-0.2, -0.15) is 0 Å². The second-order valence-corrected chi connectivity index (χ2v) is 15.0. The SMILES string of the molecule is CC(c1ccccc1N=Cn1c2ccc(-n3c4ccccc4c4ccccc43)cc2c2c3ccccc3ccc21)c1cccc2sc3ccccc3c12. The van der Waals surface area contributed by atoms with Crippen molar-refractivity contribution >= 4 is 97.9 Å². The first-order chi connectivity index (χ1) is 26.2. The van der Waals surface area contributed by atoms with Gasteiger partial charge in [0.2, 0.25) is 0 Å². The number of nitrogens with zero attached hydrogens (tertiary/aromatic N) is 3. The van der Waals surface area contributed by atoms with E-state index in [1.165, 1.54) is 74.6 Å². The Morgan fingerprint density at radius 1 is 0.491 bits per heavy atom. The van der Waals surface area contributed by atoms with Crippen molar-refractivity contribution in [1.29, 1.82) is 0 Å². The molecule has 11 aromatic rings. The first-order valence-corrected chi connectivity index (χ1v) is 19.0. The van der Waals surface area contributed by atoms with Gasteiger partial charge in [-0.1, -0.05) is 122 Å². The Morgan fingerprint density at radius 2 is 1.13 bits per heavy atom. The standard InChI is InChI=1S/C49H33N3S/c1-31(35-19-12-24-47-49(35)39-18-7-11-23-46(39)53-47)34-14-4-8-20-41(34)50-30-51-42-28-26-33(29-40(42)48-36-15-3-2-13-32(36)25-27-45(48)51)52-43-21-9-5-16-37(43)38-17-6-10-22-44(38)52/h2-31H,1H3. The first kappa shape index (κ1) is 30.2. The van der Waals surface area contributed by atoms with Gasteiger partial charge in [0, 0.05) is 53.3 Å². The normalized spacial score (nSPS) is 12.8. The lowest BCUT2D eigenvalue weighted by atomic mass is 9.89. The molecule has 0 bridgehead atoms. The molecule has 0 aliphatic heterocycles. The molecule has 53 heavy (non-hydrogen) atoms. The summed E-state index contributed by atoms with van der Waals surface area (Å²) in [6, 6.07) is 61.7. The zero-order chi connectivity index (χ0) is 35.0. The Bertz CT molecular complexity index is 3210. The molecule has 8 aromatic carbocycles. The van der Waals surface area contributed by atoms with E-state index in [9.17, 15) is 0 Å². The van der Waals surface area contributed by atoms with Crippen LogP contribution >= 0.6 is 11.3 Å². The summed E-state index contributed by atoms with van der Waals surface area (Å²) in [5.74, 6) is 0.154. The van der Waals surface area contributed by atoms with Crippen LogP contribution in [0.4, 0.5) is 5.69 Å². The molecule has 0 aliphatic carbocycles. The number of para-hydroxylation sites is 3. The highest BCUT2D eigenvalue weighted by atomic mass is 32.1. The van der Waals surface area contributed by atoms with E-state index in [0.717, 1.165) is 22.4 Å². The van der Waals surface area contributed by atoms with Gasteiger partial charge in [-0.15, -0.1) is 11.3 Å². The largest absolute Gasteiger partial charge is 0.309 e. The Morgan fingerprint density at radius 3 is 1.96 bits per heavy atom. The molecule has 0 amide bonds. The number of aromatic nitrogens is 2. The molecule has 1 atom stereocenters. The Labute approximate surface area is 310 Å². The minimum atomic E-state index is 0.154. The summed E-state index contributed by atoms with van der Waals surface area (Å²) >= 11 is 1.87. The third-order valence-corrected chi connectivity index (χ3v) is 12.3. The lowest BCUT2D eigenvalue weighted by Crippen LogP contribution is -1.99. The van der Waals surface area contributed by atoms with Gasteiger partial charge in [0.1, 0.15) is 6.34 Å². The molecular formula is C49H33N3S. The van der Waals surface area contributed by atoms with Crippen LogP contribution in [-0.4, -0.2) is 15.5 Å². The maximum absolute atomic E-state index is 5.30. The predicted molar refractivity (Wildman–Crippen MR) is 228 cm³/mol. The second-order valence-electron chi connectivity index (χ2n) is 14.0. The molecule has 0 aliphatic rings. The minimum absolute atomic E-state index is 0.154. The van der Waals surface area contributed by atoms with Gasteiger partial charge in [0.05, 0.1) is 27.8 Å². The highest BCUT2D eigenvalue weighted by molar-refractivity contribution is 7.25.